The van der Waals surface area contributed by atoms with Gasteiger partial charge in [-0.05, 0) is 22.7 Å². The molecule has 1 aliphatic heterocycles. The van der Waals surface area contributed by atoms with Crippen LogP contribution in [0.5, 0.6) is 0 Å². The van der Waals surface area contributed by atoms with Gasteiger partial charge in [-0.15, -0.1) is 0 Å². The average Bonchev–Trinajstić information content (AvgIpc) is 2.84. The van der Waals surface area contributed by atoms with Crippen LogP contribution < -0.4 is 4.90 Å². The van der Waals surface area contributed by atoms with Gasteiger partial charge in [0.25, 0.3) is 0 Å². The highest BCUT2D eigenvalue weighted by atomic mass is 16.2. The predicted molar refractivity (Wildman–Crippen MR) is 90.1 cm³/mol. The van der Waals surface area contributed by atoms with E-state index < -0.39 is 5.41 Å². The molecule has 1 radical (unpaired) electrons. The molecule has 0 aliphatic carbocycles. The fourth-order valence-electron chi connectivity index (χ4n) is 3.17. The lowest BCUT2D eigenvalue weighted by Gasteiger charge is -2.25. The monoisotopic (exact) mass is 319 g/mol. The molecule has 0 saturated carbocycles. The summed E-state index contributed by atoms with van der Waals surface area (Å²) in [6.07, 6.45) is 1.70. The zero-order valence-corrected chi connectivity index (χ0v) is 12.9. The topological polar surface area (TPSA) is 86.1 Å². The number of fused-ring (bicyclic) bond motifs is 1. The molecule has 3 rings (SSSR count). The molecule has 1 heterocycles. The Labute approximate surface area is 139 Å². The van der Waals surface area contributed by atoms with E-state index in [-0.39, 0.29) is 18.9 Å². The van der Waals surface area contributed by atoms with Gasteiger partial charge in [0.15, 0.2) is 6.29 Å². The molecule has 119 valence electrons. The highest BCUT2D eigenvalue weighted by Crippen LogP contribution is 2.44. The van der Waals surface area contributed by atoms with Crippen molar-refractivity contribution >= 4 is 17.9 Å². The lowest BCUT2D eigenvalue weighted by molar-refractivity contribution is -0.122. The first-order valence-electron chi connectivity index (χ1n) is 7.54. The fourth-order valence-corrected chi connectivity index (χ4v) is 3.17. The number of carbonyl (C=O) groups is 1. The molecule has 6 nitrogen and oxygen atoms in total. The Balaban J connectivity index is 2.08. The summed E-state index contributed by atoms with van der Waals surface area (Å²) < 4.78 is 0. The number of nitrogens with zero attached hydrogens (tertiary/aromatic N) is 4. The quantitative estimate of drug-likeness (QED) is 0.465. The van der Waals surface area contributed by atoms with Crippen LogP contribution in [0.1, 0.15) is 17.5 Å². The van der Waals surface area contributed by atoms with E-state index in [0.29, 0.717) is 12.1 Å². The summed E-state index contributed by atoms with van der Waals surface area (Å²) in [4.78, 5) is 28.7. The minimum Gasteiger partial charge on any atom is -0.307 e. The van der Waals surface area contributed by atoms with Crippen molar-refractivity contribution in [3.8, 4) is 0 Å². The van der Waals surface area contributed by atoms with E-state index in [1.165, 1.54) is 0 Å². The Bertz CT molecular complexity index is 815. The minimum atomic E-state index is -1.17. The van der Waals surface area contributed by atoms with Crippen molar-refractivity contribution in [2.45, 2.75) is 18.4 Å². The van der Waals surface area contributed by atoms with Crippen molar-refractivity contribution < 1.29 is 9.59 Å². The van der Waals surface area contributed by atoms with Crippen LogP contribution in [-0.2, 0) is 21.5 Å². The van der Waals surface area contributed by atoms with Gasteiger partial charge in [0.2, 0.25) is 5.91 Å². The SMILES string of the molecule is [N-]=[N+]=NCC1(C[C]=O)C(=O)N(Cc2ccccc2)c2ccccc21. The summed E-state index contributed by atoms with van der Waals surface area (Å²) in [6, 6.07) is 16.9. The van der Waals surface area contributed by atoms with Crippen molar-refractivity contribution in [1.29, 1.82) is 0 Å². The van der Waals surface area contributed by atoms with E-state index in [1.54, 1.807) is 4.90 Å². The Morgan fingerprint density at radius 2 is 1.83 bits per heavy atom. The van der Waals surface area contributed by atoms with Crippen molar-refractivity contribution in [2.75, 3.05) is 11.4 Å². The Morgan fingerprint density at radius 3 is 2.54 bits per heavy atom. The van der Waals surface area contributed by atoms with Gasteiger partial charge in [-0.2, -0.15) is 0 Å². The summed E-state index contributed by atoms with van der Waals surface area (Å²) in [7, 11) is 0. The second-order valence-electron chi connectivity index (χ2n) is 5.69. The molecule has 2 aromatic carbocycles. The fraction of sp³-hybridized carbons (Fsp3) is 0.222. The zero-order valence-electron chi connectivity index (χ0n) is 12.9. The van der Waals surface area contributed by atoms with Gasteiger partial charge in [0.05, 0.1) is 12.0 Å². The number of anilines is 1. The molecular weight excluding hydrogens is 304 g/mol. The van der Waals surface area contributed by atoms with Crippen LogP contribution in [-0.4, -0.2) is 18.7 Å². The maximum atomic E-state index is 13.1. The normalized spacial score (nSPS) is 18.8. The highest BCUT2D eigenvalue weighted by Gasteiger charge is 2.50. The molecule has 1 aliphatic rings. The van der Waals surface area contributed by atoms with Gasteiger partial charge >= 0.3 is 0 Å². The molecule has 0 saturated heterocycles. The molecule has 6 heteroatoms. The third-order valence-electron chi connectivity index (χ3n) is 4.33. The molecule has 24 heavy (non-hydrogen) atoms. The smallest absolute Gasteiger partial charge is 0.238 e. The van der Waals surface area contributed by atoms with Gasteiger partial charge in [0.1, 0.15) is 0 Å². The molecular formula is C18H15N4O2. The van der Waals surface area contributed by atoms with Gasteiger partial charge in [0, 0.05) is 23.6 Å². The zero-order chi connectivity index (χ0) is 17.0. The third-order valence-corrected chi connectivity index (χ3v) is 4.33. The molecule has 1 unspecified atom stereocenters. The van der Waals surface area contributed by atoms with Crippen LogP contribution in [0.2, 0.25) is 0 Å². The number of carbonyl (C=O) groups excluding carboxylic acids is 2. The maximum Gasteiger partial charge on any atom is 0.238 e. The molecule has 1 atom stereocenters. The van der Waals surface area contributed by atoms with E-state index in [9.17, 15) is 9.59 Å². The van der Waals surface area contributed by atoms with E-state index >= 15 is 0 Å². The molecule has 0 bridgehead atoms. The number of amides is 1. The molecule has 1 amide bonds. The predicted octanol–water partition coefficient (Wildman–Crippen LogP) is 3.28. The van der Waals surface area contributed by atoms with E-state index in [2.05, 4.69) is 10.0 Å². The summed E-state index contributed by atoms with van der Waals surface area (Å²) >= 11 is 0. The van der Waals surface area contributed by atoms with Crippen molar-refractivity contribution in [1.82, 2.24) is 0 Å². The second-order valence-corrected chi connectivity index (χ2v) is 5.69. The number of rotatable bonds is 6. The highest BCUT2D eigenvalue weighted by molar-refractivity contribution is 6.09. The van der Waals surface area contributed by atoms with Crippen LogP contribution in [0.3, 0.4) is 0 Å². The van der Waals surface area contributed by atoms with Crippen molar-refractivity contribution in [3.63, 3.8) is 0 Å². The largest absolute Gasteiger partial charge is 0.307 e. The average molecular weight is 319 g/mol. The number of para-hydroxylation sites is 1. The van der Waals surface area contributed by atoms with Gasteiger partial charge < -0.3 is 4.90 Å². The number of benzene rings is 2. The molecule has 0 aromatic heterocycles. The molecule has 0 N–H and O–H groups in total. The third kappa shape index (κ3) is 2.53. The lowest BCUT2D eigenvalue weighted by atomic mass is 9.79. The number of hydrogen-bond donors (Lipinski definition) is 0. The Morgan fingerprint density at radius 1 is 1.12 bits per heavy atom. The Hall–Kier alpha value is -3.11. The van der Waals surface area contributed by atoms with Crippen LogP contribution in [0.4, 0.5) is 5.69 Å². The van der Waals surface area contributed by atoms with E-state index in [1.807, 2.05) is 60.9 Å². The van der Waals surface area contributed by atoms with Gasteiger partial charge in [-0.1, -0.05) is 53.6 Å². The summed E-state index contributed by atoms with van der Waals surface area (Å²) in [5.41, 5.74) is 9.95. The molecule has 0 spiro atoms. The Kier molecular flexibility index (Phi) is 4.31. The van der Waals surface area contributed by atoms with Crippen LogP contribution >= 0.6 is 0 Å². The lowest BCUT2D eigenvalue weighted by Crippen LogP contribution is -2.42. The van der Waals surface area contributed by atoms with E-state index in [0.717, 1.165) is 11.3 Å². The summed E-state index contributed by atoms with van der Waals surface area (Å²) in [6.45, 7) is 0.299. The van der Waals surface area contributed by atoms with Crippen LogP contribution in [0, 0.1) is 0 Å². The standard InChI is InChI=1S/C18H15N4O2/c19-21-20-13-18(10-11-23)15-8-4-5-9-16(15)22(17(18)24)12-14-6-2-1-3-7-14/h1-9H,10,12-13H2. The van der Waals surface area contributed by atoms with E-state index in [4.69, 9.17) is 5.53 Å². The summed E-state index contributed by atoms with van der Waals surface area (Å²) in [5.74, 6) is -0.233. The van der Waals surface area contributed by atoms with Crippen molar-refractivity contribution in [2.24, 2.45) is 5.11 Å². The van der Waals surface area contributed by atoms with Crippen LogP contribution in [0.15, 0.2) is 59.7 Å². The second kappa shape index (κ2) is 6.56. The first-order chi connectivity index (χ1) is 11.7. The summed E-state index contributed by atoms with van der Waals surface area (Å²) in [5, 5.41) is 3.59. The van der Waals surface area contributed by atoms with Crippen molar-refractivity contribution in [3.05, 3.63) is 76.2 Å². The molecule has 2 aromatic rings. The number of hydrogen-bond acceptors (Lipinski definition) is 3. The first kappa shape index (κ1) is 15.8. The van der Waals surface area contributed by atoms with Gasteiger partial charge in [-0.25, -0.2) is 0 Å². The van der Waals surface area contributed by atoms with Gasteiger partial charge in [-0.3, -0.25) is 9.59 Å². The maximum absolute atomic E-state index is 13.1. The van der Waals surface area contributed by atoms with Crippen LogP contribution in [0.25, 0.3) is 10.4 Å². The first-order valence-corrected chi connectivity index (χ1v) is 7.54. The minimum absolute atomic E-state index is 0.0973. The molecule has 0 fully saturated rings. The number of azide groups is 1.